The van der Waals surface area contributed by atoms with Gasteiger partial charge in [0.1, 0.15) is 5.75 Å². The van der Waals surface area contributed by atoms with Crippen LogP contribution in [0.3, 0.4) is 0 Å². The van der Waals surface area contributed by atoms with E-state index in [0.717, 1.165) is 23.5 Å². The van der Waals surface area contributed by atoms with Gasteiger partial charge in [-0.15, -0.1) is 0 Å². The lowest BCUT2D eigenvalue weighted by Gasteiger charge is -2.33. The Morgan fingerprint density at radius 3 is 2.69 bits per heavy atom. The average molecular weight is 501 g/mol. The molecule has 0 radical (unpaired) electrons. The third-order valence-electron chi connectivity index (χ3n) is 6.15. The highest BCUT2D eigenvalue weighted by Crippen LogP contribution is 2.30. The van der Waals surface area contributed by atoms with E-state index in [1.807, 2.05) is 17.7 Å². The molecule has 3 aromatic rings. The molecule has 0 bridgehead atoms. The molecule has 7 nitrogen and oxygen atoms in total. The first kappa shape index (κ1) is 25.3. The number of rotatable bonds is 6. The lowest BCUT2D eigenvalue weighted by molar-refractivity contribution is -0.138. The molecule has 1 saturated heterocycles. The topological polar surface area (TPSA) is 76.5 Å². The Bertz CT molecular complexity index is 1260. The first-order valence-electron chi connectivity index (χ1n) is 11.6. The Hall–Kier alpha value is -3.82. The Labute approximate surface area is 206 Å². The van der Waals surface area contributed by atoms with Gasteiger partial charge in [0.25, 0.3) is 5.91 Å². The number of hydrogen-bond donors (Lipinski definition) is 1. The van der Waals surface area contributed by atoms with Crippen molar-refractivity contribution in [2.24, 2.45) is 0 Å². The van der Waals surface area contributed by atoms with Crippen molar-refractivity contribution in [1.29, 1.82) is 0 Å². The summed E-state index contributed by atoms with van der Waals surface area (Å²) in [6.07, 6.45) is 0.309. The van der Waals surface area contributed by atoms with E-state index < -0.39 is 11.7 Å². The number of hydrogen-bond acceptors (Lipinski definition) is 4. The average Bonchev–Trinajstić information content (AvgIpc) is 3.29. The highest BCUT2D eigenvalue weighted by Gasteiger charge is 2.31. The zero-order chi connectivity index (χ0) is 25.9. The third-order valence-corrected chi connectivity index (χ3v) is 6.15. The van der Waals surface area contributed by atoms with Crippen LogP contribution in [0.5, 0.6) is 5.75 Å². The van der Waals surface area contributed by atoms with Gasteiger partial charge >= 0.3 is 6.18 Å². The van der Waals surface area contributed by atoms with E-state index in [-0.39, 0.29) is 24.3 Å². The number of amides is 2. The van der Waals surface area contributed by atoms with Crippen LogP contribution in [0.1, 0.15) is 40.0 Å². The van der Waals surface area contributed by atoms with E-state index in [0.29, 0.717) is 42.8 Å². The van der Waals surface area contributed by atoms with E-state index in [9.17, 15) is 22.8 Å². The van der Waals surface area contributed by atoms with Crippen molar-refractivity contribution in [1.82, 2.24) is 19.8 Å². The number of carbonyl (C=O) groups is 2. The Morgan fingerprint density at radius 1 is 1.19 bits per heavy atom. The molecule has 36 heavy (non-hydrogen) atoms. The lowest BCUT2D eigenvalue weighted by atomic mass is 10.0. The Kier molecular flexibility index (Phi) is 7.32. The van der Waals surface area contributed by atoms with Crippen molar-refractivity contribution in [2.75, 3.05) is 20.2 Å². The number of nitrogens with zero attached hydrogens (tertiary/aromatic N) is 3. The maximum absolute atomic E-state index is 13.0. The fraction of sp³-hybridized carbons (Fsp3) is 0.346. The quantitative estimate of drug-likeness (QED) is 0.551. The molecular formula is C26H27F3N4O3. The zero-order valence-corrected chi connectivity index (χ0v) is 20.0. The van der Waals surface area contributed by atoms with Crippen molar-refractivity contribution < 1.29 is 27.5 Å². The number of imidazole rings is 1. The molecule has 1 aliphatic rings. The molecule has 1 N–H and O–H groups in total. The minimum Gasteiger partial charge on any atom is -0.495 e. The smallest absolute Gasteiger partial charge is 0.416 e. The number of aromatic nitrogens is 2. The van der Waals surface area contributed by atoms with Gasteiger partial charge in [-0.25, -0.2) is 4.98 Å². The number of likely N-dealkylation sites (tertiary alicyclic amines) is 1. The van der Waals surface area contributed by atoms with Gasteiger partial charge in [0.15, 0.2) is 0 Å². The molecule has 10 heteroatoms. The molecule has 2 amide bonds. The molecule has 2 aromatic carbocycles. The monoisotopic (exact) mass is 500 g/mol. The van der Waals surface area contributed by atoms with Gasteiger partial charge in [-0.1, -0.05) is 18.2 Å². The van der Waals surface area contributed by atoms with Gasteiger partial charge in [0.2, 0.25) is 5.91 Å². The van der Waals surface area contributed by atoms with Gasteiger partial charge in [0, 0.05) is 30.9 Å². The number of methoxy groups -OCH3 is 1. The normalized spacial score (nSPS) is 16.0. The number of halogens is 3. The molecule has 0 spiro atoms. The summed E-state index contributed by atoms with van der Waals surface area (Å²) in [5.41, 5.74) is 1.55. The molecular weight excluding hydrogens is 473 g/mol. The van der Waals surface area contributed by atoms with Crippen LogP contribution in [0.4, 0.5) is 13.2 Å². The number of aryl methyl sites for hydroxylation is 1. The van der Waals surface area contributed by atoms with Crippen LogP contribution in [-0.2, 0) is 17.4 Å². The summed E-state index contributed by atoms with van der Waals surface area (Å²) in [4.78, 5) is 31.5. The predicted molar refractivity (Wildman–Crippen MR) is 127 cm³/mol. The number of ether oxygens (including phenoxy) is 1. The van der Waals surface area contributed by atoms with Gasteiger partial charge in [-0.05, 0) is 49.6 Å². The van der Waals surface area contributed by atoms with Crippen LogP contribution < -0.4 is 10.1 Å². The van der Waals surface area contributed by atoms with Crippen molar-refractivity contribution >= 4 is 11.8 Å². The van der Waals surface area contributed by atoms with E-state index in [2.05, 4.69) is 10.3 Å². The molecule has 4 rings (SSSR count). The molecule has 1 aliphatic heterocycles. The number of piperidine rings is 1. The lowest BCUT2D eigenvalue weighted by Crippen LogP contribution is -2.50. The molecule has 1 atom stereocenters. The molecule has 0 aliphatic carbocycles. The first-order valence-corrected chi connectivity index (χ1v) is 11.6. The van der Waals surface area contributed by atoms with Gasteiger partial charge < -0.3 is 19.5 Å². The highest BCUT2D eigenvalue weighted by molar-refractivity contribution is 5.95. The number of carbonyl (C=O) groups excluding carboxylic acids is 2. The molecule has 1 unspecified atom stereocenters. The van der Waals surface area contributed by atoms with E-state index in [1.165, 1.54) is 19.2 Å². The van der Waals surface area contributed by atoms with Crippen LogP contribution in [-0.4, -0.2) is 52.5 Å². The van der Waals surface area contributed by atoms with Crippen molar-refractivity contribution in [3.05, 3.63) is 77.4 Å². The van der Waals surface area contributed by atoms with Crippen molar-refractivity contribution in [2.45, 2.75) is 38.4 Å². The van der Waals surface area contributed by atoms with Crippen LogP contribution in [0.15, 0.2) is 55.0 Å². The van der Waals surface area contributed by atoms with Crippen LogP contribution in [0, 0.1) is 6.92 Å². The Morgan fingerprint density at radius 2 is 2.00 bits per heavy atom. The van der Waals surface area contributed by atoms with E-state index in [4.69, 9.17) is 4.74 Å². The standard InChI is InChI=1S/C26H27F3N4O3/c1-17-14-33(16-30-17)22-9-8-19(13-23(22)36-2)25(35)31-21-7-4-10-32(15-21)24(34)12-18-5-3-6-20(11-18)26(27,28)29/h3,5-6,8-9,11,13-14,16,21H,4,7,10,12,15H2,1-2H3,(H,31,35). The van der Waals surface area contributed by atoms with Crippen molar-refractivity contribution in [3.63, 3.8) is 0 Å². The summed E-state index contributed by atoms with van der Waals surface area (Å²) < 4.78 is 46.2. The summed E-state index contributed by atoms with van der Waals surface area (Å²) in [5, 5.41) is 2.97. The summed E-state index contributed by atoms with van der Waals surface area (Å²) in [7, 11) is 1.53. The summed E-state index contributed by atoms with van der Waals surface area (Å²) in [6, 6.07) is 9.67. The van der Waals surface area contributed by atoms with Gasteiger partial charge in [-0.2, -0.15) is 13.2 Å². The Balaban J connectivity index is 1.39. The van der Waals surface area contributed by atoms with E-state index >= 15 is 0 Å². The summed E-state index contributed by atoms with van der Waals surface area (Å²) in [5.74, 6) is -0.0460. The van der Waals surface area contributed by atoms with Crippen molar-refractivity contribution in [3.8, 4) is 11.4 Å². The third kappa shape index (κ3) is 5.87. The minimum absolute atomic E-state index is 0.128. The zero-order valence-electron chi connectivity index (χ0n) is 20.0. The molecule has 0 saturated carbocycles. The van der Waals surface area contributed by atoms with Crippen LogP contribution in [0.25, 0.3) is 5.69 Å². The summed E-state index contributed by atoms with van der Waals surface area (Å²) in [6.45, 7) is 2.67. The fourth-order valence-electron chi connectivity index (χ4n) is 4.32. The second-order valence-corrected chi connectivity index (χ2v) is 8.84. The largest absolute Gasteiger partial charge is 0.495 e. The minimum atomic E-state index is -4.46. The fourth-order valence-corrected chi connectivity index (χ4v) is 4.32. The molecule has 1 aromatic heterocycles. The van der Waals surface area contributed by atoms with E-state index in [1.54, 1.807) is 29.4 Å². The predicted octanol–water partition coefficient (Wildman–Crippen LogP) is 4.17. The second kappa shape index (κ2) is 10.4. The first-order chi connectivity index (χ1) is 17.1. The highest BCUT2D eigenvalue weighted by atomic mass is 19.4. The van der Waals surface area contributed by atoms with Crippen LogP contribution in [0.2, 0.25) is 0 Å². The molecule has 1 fully saturated rings. The number of alkyl halides is 3. The molecule has 190 valence electrons. The number of nitrogens with one attached hydrogen (secondary N) is 1. The van der Waals surface area contributed by atoms with Crippen LogP contribution >= 0.6 is 0 Å². The maximum Gasteiger partial charge on any atom is 0.416 e. The maximum atomic E-state index is 13.0. The second-order valence-electron chi connectivity index (χ2n) is 8.84. The number of benzene rings is 2. The molecule has 2 heterocycles. The van der Waals surface area contributed by atoms with Gasteiger partial charge in [0.05, 0.1) is 36.8 Å². The van der Waals surface area contributed by atoms with Gasteiger partial charge in [-0.3, -0.25) is 9.59 Å². The SMILES string of the molecule is COc1cc(C(=O)NC2CCCN(C(=O)Cc3cccc(C(F)(F)F)c3)C2)ccc1-n1cnc(C)c1. The summed E-state index contributed by atoms with van der Waals surface area (Å²) >= 11 is 0.